The molecule has 0 N–H and O–H groups in total. The molecular formula is C13H21N5Si. The van der Waals surface area contributed by atoms with E-state index in [1.165, 1.54) is 24.5 Å². The molecule has 0 radical (unpaired) electrons. The van der Waals surface area contributed by atoms with E-state index in [4.69, 9.17) is 0 Å². The van der Waals surface area contributed by atoms with E-state index in [1.54, 1.807) is 6.20 Å². The lowest BCUT2D eigenvalue weighted by Gasteiger charge is -2.38. The molecule has 2 aromatic heterocycles. The summed E-state index contributed by atoms with van der Waals surface area (Å²) in [6.07, 6.45) is 5.06. The van der Waals surface area contributed by atoms with Gasteiger partial charge in [0.25, 0.3) is 0 Å². The maximum atomic E-state index is 4.63. The van der Waals surface area contributed by atoms with Crippen LogP contribution in [0.25, 0.3) is 11.2 Å². The van der Waals surface area contributed by atoms with Crippen molar-refractivity contribution in [2.24, 2.45) is 0 Å². The van der Waals surface area contributed by atoms with Crippen LogP contribution in [-0.4, -0.2) is 35.2 Å². The Balaban J connectivity index is 2.43. The Kier molecular flexibility index (Phi) is 4.09. The van der Waals surface area contributed by atoms with Crippen LogP contribution >= 0.6 is 0 Å². The molecule has 6 heteroatoms. The Morgan fingerprint density at radius 2 is 1.74 bits per heavy atom. The molecule has 2 heterocycles. The molecule has 2 rings (SSSR count). The minimum Gasteiger partial charge on any atom is -0.384 e. The first kappa shape index (κ1) is 13.9. The summed E-state index contributed by atoms with van der Waals surface area (Å²) in [5.74, 6) is 0.934. The summed E-state index contributed by atoms with van der Waals surface area (Å²) in [6, 6.07) is 3.67. The van der Waals surface area contributed by atoms with Gasteiger partial charge in [0.2, 0.25) is 0 Å². The van der Waals surface area contributed by atoms with Gasteiger partial charge in [-0.2, -0.15) is 0 Å². The van der Waals surface area contributed by atoms with Gasteiger partial charge in [-0.15, -0.1) is 0 Å². The maximum absolute atomic E-state index is 4.63. The lowest BCUT2D eigenvalue weighted by atomic mass is 10.5. The minimum absolute atomic E-state index is 0.672. The quantitative estimate of drug-likeness (QED) is 0.785. The third-order valence-electron chi connectivity index (χ3n) is 4.24. The highest BCUT2D eigenvalue weighted by molar-refractivity contribution is 6.82. The fourth-order valence-electron chi connectivity index (χ4n) is 2.62. The van der Waals surface area contributed by atoms with Crippen molar-refractivity contribution in [1.82, 2.24) is 19.9 Å². The van der Waals surface area contributed by atoms with Crippen molar-refractivity contribution in [3.05, 3.63) is 18.7 Å². The summed E-state index contributed by atoms with van der Waals surface area (Å²) >= 11 is 0. The smallest absolute Gasteiger partial charge is 0.183 e. The van der Waals surface area contributed by atoms with Crippen molar-refractivity contribution in [3.8, 4) is 0 Å². The van der Waals surface area contributed by atoms with Crippen molar-refractivity contribution in [2.75, 3.05) is 11.6 Å². The highest BCUT2D eigenvalue weighted by atomic mass is 28.3. The van der Waals surface area contributed by atoms with Gasteiger partial charge >= 0.3 is 0 Å². The summed E-state index contributed by atoms with van der Waals surface area (Å²) in [5, 5.41) is 0. The number of aromatic nitrogens is 4. The van der Waals surface area contributed by atoms with Crippen LogP contribution < -0.4 is 4.57 Å². The van der Waals surface area contributed by atoms with E-state index in [9.17, 15) is 0 Å². The zero-order chi connectivity index (χ0) is 13.9. The summed E-state index contributed by atoms with van der Waals surface area (Å²) < 4.78 is 2.38. The number of fused-ring (bicyclic) bond motifs is 1. The first-order chi connectivity index (χ1) is 9.16. The van der Waals surface area contributed by atoms with Gasteiger partial charge < -0.3 is 4.57 Å². The predicted molar refractivity (Wildman–Crippen MR) is 80.7 cm³/mol. The molecule has 0 aromatic carbocycles. The highest BCUT2D eigenvalue weighted by Crippen LogP contribution is 2.27. The number of rotatable bonds is 5. The molecule has 102 valence electrons. The molecule has 19 heavy (non-hydrogen) atoms. The van der Waals surface area contributed by atoms with Crippen molar-refractivity contribution < 1.29 is 0 Å². The van der Waals surface area contributed by atoms with Gasteiger partial charge in [-0.05, 0) is 25.2 Å². The van der Waals surface area contributed by atoms with E-state index in [1.807, 2.05) is 6.20 Å². The second kappa shape index (κ2) is 5.60. The third kappa shape index (κ3) is 2.44. The second-order valence-electron chi connectivity index (χ2n) is 4.80. The van der Waals surface area contributed by atoms with Crippen LogP contribution in [0.2, 0.25) is 18.1 Å². The van der Waals surface area contributed by atoms with Crippen LogP contribution in [0.5, 0.6) is 0 Å². The molecule has 0 aliphatic carbocycles. The third-order valence-corrected chi connectivity index (χ3v) is 9.84. The topological polar surface area (TPSA) is 54.8 Å². The monoisotopic (exact) mass is 275 g/mol. The molecular weight excluding hydrogens is 254 g/mol. The molecule has 2 aromatic rings. The Morgan fingerprint density at radius 1 is 1.05 bits per heavy atom. The Labute approximate surface area is 115 Å². The molecule has 0 saturated carbocycles. The van der Waals surface area contributed by atoms with Gasteiger partial charge in [0, 0.05) is 0 Å². The zero-order valence-electron chi connectivity index (χ0n) is 12.1. The summed E-state index contributed by atoms with van der Waals surface area (Å²) in [6.45, 7) is 6.85. The van der Waals surface area contributed by atoms with E-state index in [0.29, 0.717) is 5.65 Å². The lowest BCUT2D eigenvalue weighted by Crippen LogP contribution is -2.50. The van der Waals surface area contributed by atoms with Gasteiger partial charge in [0.1, 0.15) is 17.7 Å². The SMILES string of the molecule is CC[Si](CC)(CC)N(C)c1cnc2cncnc2n1. The summed E-state index contributed by atoms with van der Waals surface area (Å²) in [5.41, 5.74) is 1.42. The normalized spacial score (nSPS) is 11.8. The number of hydrogen-bond donors (Lipinski definition) is 0. The molecule has 0 unspecified atom stereocenters. The van der Waals surface area contributed by atoms with Gasteiger partial charge in [-0.25, -0.2) is 19.9 Å². The fraction of sp³-hybridized carbons (Fsp3) is 0.538. The van der Waals surface area contributed by atoms with Crippen molar-refractivity contribution in [2.45, 2.75) is 38.9 Å². The molecule has 0 saturated heterocycles. The molecule has 0 spiro atoms. The minimum atomic E-state index is -1.46. The molecule has 0 amide bonds. The highest BCUT2D eigenvalue weighted by Gasteiger charge is 2.33. The van der Waals surface area contributed by atoms with Crippen LogP contribution in [0.3, 0.4) is 0 Å². The van der Waals surface area contributed by atoms with Crippen LogP contribution in [-0.2, 0) is 0 Å². The summed E-state index contributed by atoms with van der Waals surface area (Å²) in [7, 11) is 0.691. The van der Waals surface area contributed by atoms with Gasteiger partial charge in [-0.1, -0.05) is 20.8 Å². The molecule has 5 nitrogen and oxygen atoms in total. The first-order valence-electron chi connectivity index (χ1n) is 6.83. The van der Waals surface area contributed by atoms with Crippen molar-refractivity contribution in [1.29, 1.82) is 0 Å². The summed E-state index contributed by atoms with van der Waals surface area (Å²) in [4.78, 5) is 17.2. The average molecular weight is 275 g/mol. The van der Waals surface area contributed by atoms with Crippen LogP contribution in [0, 0.1) is 0 Å². The number of anilines is 1. The molecule has 0 bridgehead atoms. The molecule has 0 fully saturated rings. The number of nitrogens with zero attached hydrogens (tertiary/aromatic N) is 5. The van der Waals surface area contributed by atoms with E-state index in [0.717, 1.165) is 11.3 Å². The molecule has 0 aliphatic heterocycles. The first-order valence-corrected chi connectivity index (χ1v) is 9.40. The predicted octanol–water partition coefficient (Wildman–Crippen LogP) is 2.86. The van der Waals surface area contributed by atoms with E-state index >= 15 is 0 Å². The fourth-order valence-corrected chi connectivity index (χ4v) is 6.14. The average Bonchev–Trinajstić information content (AvgIpc) is 2.49. The van der Waals surface area contributed by atoms with Gasteiger partial charge in [-0.3, -0.25) is 0 Å². The second-order valence-corrected chi connectivity index (χ2v) is 10.0. The molecule has 0 atom stereocenters. The van der Waals surface area contributed by atoms with Crippen LogP contribution in [0.1, 0.15) is 20.8 Å². The van der Waals surface area contributed by atoms with Crippen molar-refractivity contribution in [3.63, 3.8) is 0 Å². The van der Waals surface area contributed by atoms with Crippen LogP contribution in [0.4, 0.5) is 5.82 Å². The Bertz CT molecular complexity index is 547. The van der Waals surface area contributed by atoms with Crippen molar-refractivity contribution >= 4 is 25.2 Å². The standard InChI is InChI=1S/C13H21N5Si/c1-5-19(6-2,7-3)18(4)12-9-15-11-8-14-10-16-13(11)17-12/h8-10H,5-7H2,1-4H3. The van der Waals surface area contributed by atoms with E-state index in [2.05, 4.69) is 52.3 Å². The maximum Gasteiger partial charge on any atom is 0.183 e. The van der Waals surface area contributed by atoms with Gasteiger partial charge in [0.05, 0.1) is 12.4 Å². The number of hydrogen-bond acceptors (Lipinski definition) is 5. The Hall–Kier alpha value is -1.56. The van der Waals surface area contributed by atoms with Gasteiger partial charge in [0.15, 0.2) is 13.9 Å². The lowest BCUT2D eigenvalue weighted by molar-refractivity contribution is 1.04. The van der Waals surface area contributed by atoms with Crippen LogP contribution in [0.15, 0.2) is 18.7 Å². The molecule has 0 aliphatic rings. The Morgan fingerprint density at radius 3 is 2.37 bits per heavy atom. The zero-order valence-corrected chi connectivity index (χ0v) is 13.1. The van der Waals surface area contributed by atoms with E-state index < -0.39 is 8.24 Å². The largest absolute Gasteiger partial charge is 0.384 e. The van der Waals surface area contributed by atoms with E-state index in [-0.39, 0.29) is 0 Å².